The van der Waals surface area contributed by atoms with E-state index in [1.54, 1.807) is 18.3 Å². The summed E-state index contributed by atoms with van der Waals surface area (Å²) >= 11 is 12.5. The predicted molar refractivity (Wildman–Crippen MR) is 129 cm³/mol. The quantitative estimate of drug-likeness (QED) is 0.510. The lowest BCUT2D eigenvalue weighted by Crippen LogP contribution is -2.35. The summed E-state index contributed by atoms with van der Waals surface area (Å²) < 4.78 is 1.81. The molecule has 0 bridgehead atoms. The van der Waals surface area contributed by atoms with Crippen LogP contribution < -0.4 is 4.90 Å². The molecule has 5 rings (SSSR count). The van der Waals surface area contributed by atoms with Crippen LogP contribution in [0, 0.1) is 11.3 Å². The Balaban J connectivity index is 1.37. The molecule has 1 aromatic heterocycles. The van der Waals surface area contributed by atoms with Crippen LogP contribution in [-0.4, -0.2) is 46.8 Å². The first-order valence-electron chi connectivity index (χ1n) is 11.1. The summed E-state index contributed by atoms with van der Waals surface area (Å²) in [5, 5.41) is 14.7. The van der Waals surface area contributed by atoms with Gasteiger partial charge >= 0.3 is 0 Å². The van der Waals surface area contributed by atoms with E-state index in [0.29, 0.717) is 40.2 Å². The van der Waals surface area contributed by atoms with Crippen LogP contribution >= 0.6 is 23.2 Å². The monoisotopic (exact) mass is 479 g/mol. The van der Waals surface area contributed by atoms with E-state index < -0.39 is 0 Å². The molecule has 0 unspecified atom stereocenters. The molecule has 0 N–H and O–H groups in total. The Morgan fingerprint density at radius 1 is 1.03 bits per heavy atom. The lowest BCUT2D eigenvalue weighted by Gasteiger charge is -2.24. The first-order valence-corrected chi connectivity index (χ1v) is 11.9. The van der Waals surface area contributed by atoms with Gasteiger partial charge in [-0.1, -0.05) is 23.2 Å². The number of aromatic nitrogens is 2. The van der Waals surface area contributed by atoms with Gasteiger partial charge in [0, 0.05) is 42.8 Å². The SMILES string of the molecule is N#Cc1ccc(N2CCCN(C(=O)c3cnn(-c4ccc(Cl)cc4Cl)c3C3CC3)CC2)cc1. The zero-order valence-electron chi connectivity index (χ0n) is 18.0. The van der Waals surface area contributed by atoms with Crippen LogP contribution in [-0.2, 0) is 0 Å². The van der Waals surface area contributed by atoms with E-state index in [2.05, 4.69) is 16.1 Å². The molecule has 2 aliphatic rings. The standard InChI is InChI=1S/C25H23Cl2N5O/c26-19-6-9-23(22(27)14-19)32-24(18-4-5-18)21(16-29-32)25(33)31-11-1-10-30(12-13-31)20-7-2-17(15-28)3-8-20/h2-3,6-9,14,16,18H,1,4-5,10-13H2. The van der Waals surface area contributed by atoms with Gasteiger partial charge in [0.25, 0.3) is 5.91 Å². The third-order valence-corrected chi connectivity index (χ3v) is 6.82. The van der Waals surface area contributed by atoms with Crippen molar-refractivity contribution in [2.45, 2.75) is 25.2 Å². The Bertz CT molecular complexity index is 1230. The molecule has 1 saturated carbocycles. The van der Waals surface area contributed by atoms with Crippen LogP contribution in [0.25, 0.3) is 5.69 Å². The fourth-order valence-corrected chi connectivity index (χ4v) is 4.90. The molecule has 6 nitrogen and oxygen atoms in total. The van der Waals surface area contributed by atoms with Crippen LogP contribution in [0.2, 0.25) is 10.0 Å². The van der Waals surface area contributed by atoms with Gasteiger partial charge in [-0.2, -0.15) is 10.4 Å². The Hall–Kier alpha value is -3.01. The molecule has 33 heavy (non-hydrogen) atoms. The largest absolute Gasteiger partial charge is 0.370 e. The van der Waals surface area contributed by atoms with E-state index in [0.717, 1.165) is 49.4 Å². The van der Waals surface area contributed by atoms with Crippen molar-refractivity contribution in [1.29, 1.82) is 5.26 Å². The summed E-state index contributed by atoms with van der Waals surface area (Å²) in [5.41, 5.74) is 4.07. The first kappa shape index (κ1) is 21.8. The molecule has 0 radical (unpaired) electrons. The van der Waals surface area contributed by atoms with Gasteiger partial charge in [0.2, 0.25) is 0 Å². The van der Waals surface area contributed by atoms with Crippen LogP contribution in [0.4, 0.5) is 5.69 Å². The molecule has 3 aromatic rings. The molecule has 1 aliphatic heterocycles. The maximum absolute atomic E-state index is 13.6. The summed E-state index contributed by atoms with van der Waals surface area (Å²) in [5.74, 6) is 0.343. The molecule has 2 fully saturated rings. The lowest BCUT2D eigenvalue weighted by molar-refractivity contribution is 0.0766. The third kappa shape index (κ3) is 4.44. The van der Waals surface area contributed by atoms with Crippen molar-refractivity contribution >= 4 is 34.8 Å². The highest BCUT2D eigenvalue weighted by molar-refractivity contribution is 6.35. The van der Waals surface area contributed by atoms with Gasteiger partial charge < -0.3 is 9.80 Å². The highest BCUT2D eigenvalue weighted by atomic mass is 35.5. The highest BCUT2D eigenvalue weighted by Gasteiger charge is 2.35. The molecule has 168 valence electrons. The van der Waals surface area contributed by atoms with Gasteiger partial charge in [0.15, 0.2) is 0 Å². The van der Waals surface area contributed by atoms with E-state index in [1.807, 2.05) is 39.9 Å². The Morgan fingerprint density at radius 3 is 2.52 bits per heavy atom. The van der Waals surface area contributed by atoms with E-state index in [4.69, 9.17) is 28.5 Å². The minimum atomic E-state index is 0.0231. The summed E-state index contributed by atoms with van der Waals surface area (Å²) in [7, 11) is 0. The Morgan fingerprint density at radius 2 is 1.82 bits per heavy atom. The molecule has 2 heterocycles. The first-order chi connectivity index (χ1) is 16.0. The molecule has 1 aliphatic carbocycles. The third-order valence-electron chi connectivity index (χ3n) is 6.28. The van der Waals surface area contributed by atoms with Crippen molar-refractivity contribution in [2.24, 2.45) is 0 Å². The minimum absolute atomic E-state index is 0.0231. The average molecular weight is 480 g/mol. The van der Waals surface area contributed by atoms with Gasteiger partial charge in [-0.25, -0.2) is 4.68 Å². The van der Waals surface area contributed by atoms with Crippen molar-refractivity contribution in [2.75, 3.05) is 31.1 Å². The summed E-state index contributed by atoms with van der Waals surface area (Å²) in [6.45, 7) is 2.94. The number of amides is 1. The summed E-state index contributed by atoms with van der Waals surface area (Å²) in [4.78, 5) is 17.8. The molecule has 0 spiro atoms. The molecule has 8 heteroatoms. The van der Waals surface area contributed by atoms with Gasteiger partial charge in [-0.15, -0.1) is 0 Å². The van der Waals surface area contributed by atoms with Crippen LogP contribution in [0.5, 0.6) is 0 Å². The molecule has 2 aromatic carbocycles. The molecule has 1 amide bonds. The van der Waals surface area contributed by atoms with E-state index in [9.17, 15) is 4.79 Å². The van der Waals surface area contributed by atoms with E-state index in [1.165, 1.54) is 0 Å². The van der Waals surface area contributed by atoms with Crippen molar-refractivity contribution in [1.82, 2.24) is 14.7 Å². The fraction of sp³-hybridized carbons (Fsp3) is 0.320. The second kappa shape index (κ2) is 9.09. The van der Waals surface area contributed by atoms with Gasteiger partial charge in [-0.05, 0) is 61.7 Å². The predicted octanol–water partition coefficient (Wildman–Crippen LogP) is 5.28. The number of hydrogen-bond donors (Lipinski definition) is 0. The number of nitriles is 1. The van der Waals surface area contributed by atoms with E-state index >= 15 is 0 Å². The number of benzene rings is 2. The van der Waals surface area contributed by atoms with Crippen molar-refractivity contribution < 1.29 is 4.79 Å². The maximum Gasteiger partial charge on any atom is 0.257 e. The normalized spacial score (nSPS) is 16.4. The van der Waals surface area contributed by atoms with Crippen LogP contribution in [0.1, 0.15) is 46.8 Å². The van der Waals surface area contributed by atoms with Crippen LogP contribution in [0.3, 0.4) is 0 Å². The average Bonchev–Trinajstić information content (AvgIpc) is 3.62. The number of carbonyl (C=O) groups excluding carboxylic acids is 1. The topological polar surface area (TPSA) is 65.2 Å². The summed E-state index contributed by atoms with van der Waals surface area (Å²) in [6, 6.07) is 15.1. The maximum atomic E-state index is 13.6. The zero-order chi connectivity index (χ0) is 22.9. The number of nitrogens with zero attached hydrogens (tertiary/aromatic N) is 5. The van der Waals surface area contributed by atoms with Crippen molar-refractivity contribution in [3.05, 3.63) is 75.5 Å². The van der Waals surface area contributed by atoms with Gasteiger partial charge in [-0.3, -0.25) is 4.79 Å². The smallest absolute Gasteiger partial charge is 0.257 e. The zero-order valence-corrected chi connectivity index (χ0v) is 19.6. The molecule has 1 saturated heterocycles. The fourth-order valence-electron chi connectivity index (χ4n) is 4.41. The molecule has 0 atom stereocenters. The number of rotatable bonds is 4. The van der Waals surface area contributed by atoms with E-state index in [-0.39, 0.29) is 5.91 Å². The lowest BCUT2D eigenvalue weighted by atomic mass is 10.1. The Labute approximate surface area is 202 Å². The minimum Gasteiger partial charge on any atom is -0.370 e. The van der Waals surface area contributed by atoms with Gasteiger partial charge in [0.05, 0.1) is 39.8 Å². The second-order valence-corrected chi connectivity index (χ2v) is 9.36. The molecular formula is C25H23Cl2N5O. The number of halogens is 2. The van der Waals surface area contributed by atoms with Crippen LogP contribution in [0.15, 0.2) is 48.7 Å². The van der Waals surface area contributed by atoms with Crippen molar-refractivity contribution in [3.63, 3.8) is 0 Å². The summed E-state index contributed by atoms with van der Waals surface area (Å²) in [6.07, 6.45) is 4.65. The van der Waals surface area contributed by atoms with Gasteiger partial charge in [0.1, 0.15) is 0 Å². The number of carbonyl (C=O) groups is 1. The van der Waals surface area contributed by atoms with Crippen molar-refractivity contribution in [3.8, 4) is 11.8 Å². The molecular weight excluding hydrogens is 457 g/mol. The number of hydrogen-bond acceptors (Lipinski definition) is 4. The number of anilines is 1. The highest BCUT2D eigenvalue weighted by Crippen LogP contribution is 2.43. The Kier molecular flexibility index (Phi) is 6.01. The second-order valence-electron chi connectivity index (χ2n) is 8.52.